The summed E-state index contributed by atoms with van der Waals surface area (Å²) in [5.41, 5.74) is -3.85. The molecule has 4 aliphatic heterocycles. The molecule has 15 heteroatoms. The van der Waals surface area contributed by atoms with Crippen molar-refractivity contribution in [1.82, 2.24) is 9.80 Å². The molecule has 0 aliphatic carbocycles. The number of methoxy groups -OCH3 is 1. The van der Waals surface area contributed by atoms with Crippen LogP contribution < -0.4 is 0 Å². The molecule has 3 N–H and O–H groups in total. The molecule has 4 rings (SSSR count). The number of hydrogen-bond donors (Lipinski definition) is 3. The van der Waals surface area contributed by atoms with E-state index >= 15 is 0 Å². The Morgan fingerprint density at radius 2 is 1.64 bits per heavy atom. The lowest BCUT2D eigenvalue weighted by Crippen LogP contribution is -2.63. The van der Waals surface area contributed by atoms with E-state index in [9.17, 15) is 24.9 Å². The molecule has 4 heterocycles. The van der Waals surface area contributed by atoms with E-state index in [-0.39, 0.29) is 30.9 Å². The molecule has 320 valence electrons. The Hall–Kier alpha value is -1.50. The van der Waals surface area contributed by atoms with Crippen LogP contribution in [0.25, 0.3) is 0 Å². The molecule has 0 radical (unpaired) electrons. The van der Waals surface area contributed by atoms with Gasteiger partial charge in [-0.15, -0.1) is 0 Å². The molecular formula is C40H72N2O13. The first-order chi connectivity index (χ1) is 25.4. The predicted molar refractivity (Wildman–Crippen MR) is 202 cm³/mol. The molecule has 0 saturated carbocycles. The predicted octanol–water partition coefficient (Wildman–Crippen LogP) is 2.84. The first-order valence-electron chi connectivity index (χ1n) is 20.1. The SMILES string of the molecule is CC[C@@H]1OC(=O)[C@H](C)[C@@H](O[C@H]2C[C@@](C)(OC)[C@@H](O)[C@H](C)O2)[C@H](C)[C@@H](O[C@@H]2O[C@H](C)C[C@H](N(C)C)[C@H]2O)[C@@]2(C)C[C@@H](C)C(O2)N(C)[C@@H](C)[C@@H](OC(C)=O)[C@]1(C)O. The van der Waals surface area contributed by atoms with Gasteiger partial charge in [0.1, 0.15) is 36.2 Å². The van der Waals surface area contributed by atoms with Gasteiger partial charge in [-0.25, -0.2) is 0 Å². The van der Waals surface area contributed by atoms with Gasteiger partial charge >= 0.3 is 11.9 Å². The second-order valence-corrected chi connectivity index (χ2v) is 17.8. The van der Waals surface area contributed by atoms with Crippen LogP contribution in [0.15, 0.2) is 0 Å². The average Bonchev–Trinajstić information content (AvgIpc) is 3.42. The second kappa shape index (κ2) is 17.8. The summed E-state index contributed by atoms with van der Waals surface area (Å²) >= 11 is 0. The molecule has 15 nitrogen and oxygen atoms in total. The summed E-state index contributed by atoms with van der Waals surface area (Å²) in [4.78, 5) is 30.9. The third-order valence-electron chi connectivity index (χ3n) is 13.0. The Balaban J connectivity index is 1.88. The van der Waals surface area contributed by atoms with E-state index in [1.54, 1.807) is 27.7 Å². The zero-order valence-electron chi connectivity index (χ0n) is 35.9. The fraction of sp³-hybridized carbons (Fsp3) is 0.950. The zero-order valence-corrected chi connectivity index (χ0v) is 35.9. The number of aliphatic hydroxyl groups is 3. The smallest absolute Gasteiger partial charge is 0.311 e. The summed E-state index contributed by atoms with van der Waals surface area (Å²) in [5, 5.41) is 34.9. The number of esters is 2. The molecule has 55 heavy (non-hydrogen) atoms. The van der Waals surface area contributed by atoms with Crippen LogP contribution in [0.3, 0.4) is 0 Å². The van der Waals surface area contributed by atoms with Crippen LogP contribution >= 0.6 is 0 Å². The van der Waals surface area contributed by atoms with Crippen molar-refractivity contribution in [2.24, 2.45) is 17.8 Å². The van der Waals surface area contributed by atoms with Crippen LogP contribution in [0, 0.1) is 17.8 Å². The minimum Gasteiger partial charge on any atom is -0.459 e. The number of nitrogens with zero attached hydrogens (tertiary/aromatic N) is 2. The molecular weight excluding hydrogens is 716 g/mol. The number of rotatable bonds is 8. The molecule has 4 aliphatic rings. The van der Waals surface area contributed by atoms with Crippen LogP contribution in [0.5, 0.6) is 0 Å². The van der Waals surface area contributed by atoms with Crippen molar-refractivity contribution in [1.29, 1.82) is 0 Å². The van der Waals surface area contributed by atoms with Crippen LogP contribution in [-0.4, -0.2) is 162 Å². The first-order valence-corrected chi connectivity index (χ1v) is 20.1. The van der Waals surface area contributed by atoms with Crippen molar-refractivity contribution >= 4 is 11.9 Å². The first kappa shape index (κ1) is 46.2. The summed E-state index contributed by atoms with van der Waals surface area (Å²) < 4.78 is 51.2. The second-order valence-electron chi connectivity index (χ2n) is 17.8. The van der Waals surface area contributed by atoms with Gasteiger partial charge in [0.15, 0.2) is 12.6 Å². The van der Waals surface area contributed by atoms with E-state index in [4.69, 9.17) is 37.9 Å². The van der Waals surface area contributed by atoms with E-state index in [0.29, 0.717) is 12.8 Å². The molecule has 0 spiro atoms. The lowest BCUT2D eigenvalue weighted by molar-refractivity contribution is -0.321. The Labute approximate surface area is 328 Å². The zero-order chi connectivity index (χ0) is 41.5. The molecule has 2 bridgehead atoms. The highest BCUT2D eigenvalue weighted by atomic mass is 16.7. The highest BCUT2D eigenvalue weighted by Crippen LogP contribution is 2.46. The van der Waals surface area contributed by atoms with Crippen molar-refractivity contribution in [2.75, 3.05) is 28.3 Å². The van der Waals surface area contributed by atoms with E-state index < -0.39 is 108 Å². The number of cyclic esters (lactones) is 1. The molecule has 1 unspecified atom stereocenters. The molecule has 0 aromatic rings. The summed E-state index contributed by atoms with van der Waals surface area (Å²) in [6.45, 7) is 19.6. The van der Waals surface area contributed by atoms with Gasteiger partial charge in [-0.3, -0.25) is 14.5 Å². The van der Waals surface area contributed by atoms with Crippen molar-refractivity contribution in [3.63, 3.8) is 0 Å². The maximum Gasteiger partial charge on any atom is 0.311 e. The van der Waals surface area contributed by atoms with Crippen molar-refractivity contribution < 1.29 is 62.8 Å². The van der Waals surface area contributed by atoms with Crippen molar-refractivity contribution in [3.05, 3.63) is 0 Å². The summed E-state index contributed by atoms with van der Waals surface area (Å²) in [7, 11) is 7.21. The molecule has 4 saturated heterocycles. The Kier molecular flexibility index (Phi) is 14.9. The number of ether oxygens (including phenoxy) is 8. The summed E-state index contributed by atoms with van der Waals surface area (Å²) in [6.07, 6.45) is -7.77. The van der Waals surface area contributed by atoms with Crippen molar-refractivity contribution in [2.45, 2.75) is 198 Å². The highest BCUT2D eigenvalue weighted by Gasteiger charge is 2.58. The van der Waals surface area contributed by atoms with E-state index in [1.165, 1.54) is 21.0 Å². The number of carbonyl (C=O) groups is 2. The van der Waals surface area contributed by atoms with E-state index in [2.05, 4.69) is 6.92 Å². The largest absolute Gasteiger partial charge is 0.459 e. The van der Waals surface area contributed by atoms with Gasteiger partial charge in [-0.2, -0.15) is 0 Å². The number of likely N-dealkylation sites (N-methyl/N-ethyl adjacent to an activating group) is 2. The maximum atomic E-state index is 14.4. The minimum atomic E-state index is -1.81. The van der Waals surface area contributed by atoms with Gasteiger partial charge in [0, 0.05) is 38.5 Å². The monoisotopic (exact) mass is 789 g/mol. The minimum absolute atomic E-state index is 0.0856. The highest BCUT2D eigenvalue weighted by molar-refractivity contribution is 5.73. The maximum absolute atomic E-state index is 14.4. The number of fused-ring (bicyclic) bond motifs is 2. The van der Waals surface area contributed by atoms with E-state index in [1.807, 2.05) is 58.6 Å². The summed E-state index contributed by atoms with van der Waals surface area (Å²) in [6, 6.07) is -0.831. The third-order valence-corrected chi connectivity index (χ3v) is 13.0. The third kappa shape index (κ3) is 9.53. The van der Waals surface area contributed by atoms with Crippen LogP contribution in [0.1, 0.15) is 102 Å². The molecule has 0 aromatic heterocycles. The topological polar surface area (TPSA) is 175 Å². The van der Waals surface area contributed by atoms with Crippen LogP contribution in [0.4, 0.5) is 0 Å². The van der Waals surface area contributed by atoms with Crippen molar-refractivity contribution in [3.8, 4) is 0 Å². The van der Waals surface area contributed by atoms with Gasteiger partial charge in [-0.1, -0.05) is 20.8 Å². The Morgan fingerprint density at radius 1 is 1.00 bits per heavy atom. The number of hydrogen-bond acceptors (Lipinski definition) is 15. The van der Waals surface area contributed by atoms with Gasteiger partial charge < -0.3 is 58.1 Å². The van der Waals surface area contributed by atoms with Gasteiger partial charge in [-0.05, 0) is 94.8 Å². The van der Waals surface area contributed by atoms with Gasteiger partial charge in [0.25, 0.3) is 0 Å². The Morgan fingerprint density at radius 3 is 2.20 bits per heavy atom. The average molecular weight is 789 g/mol. The lowest BCUT2D eigenvalue weighted by atomic mass is 9.79. The Bertz CT molecular complexity index is 1310. The van der Waals surface area contributed by atoms with Gasteiger partial charge in [0.2, 0.25) is 0 Å². The van der Waals surface area contributed by atoms with E-state index in [0.717, 1.165) is 0 Å². The number of aliphatic hydroxyl groups excluding tert-OH is 2. The molecule has 0 aromatic carbocycles. The molecule has 4 fully saturated rings. The summed E-state index contributed by atoms with van der Waals surface area (Å²) in [5.74, 6) is -2.92. The van der Waals surface area contributed by atoms with Crippen LogP contribution in [0.2, 0.25) is 0 Å². The quantitative estimate of drug-likeness (QED) is 0.306. The number of carbonyl (C=O) groups excluding carboxylic acids is 2. The molecule has 19 atom stereocenters. The fourth-order valence-electron chi connectivity index (χ4n) is 9.62. The molecule has 0 amide bonds. The normalized spacial score (nSPS) is 49.3. The standard InChI is InChI=1S/C40H72N2O13/c1-16-28-40(11,47)34(51-26(8)43)24(6)42(14)35-20(2)18-39(10,55-35)33(54-37-30(44)27(41(12)13)17-21(3)49-37)22(4)31(23(5)36(46)52-28)53-29-19-38(9,48-15)32(45)25(7)50-29/h20-25,27-35,37,44-45,47H,16-19H2,1-15H3/t20-,21-,22+,23-,24+,25+,27+,28+,29+,30-,31+,32+,33-,34-,35?,37+,38-,39-,40-/m1/s1. The van der Waals surface area contributed by atoms with Gasteiger partial charge in [0.05, 0.1) is 41.5 Å². The fourth-order valence-corrected chi connectivity index (χ4v) is 9.62. The lowest BCUT2D eigenvalue weighted by Gasteiger charge is -2.49. The van der Waals surface area contributed by atoms with Crippen LogP contribution in [-0.2, 0) is 47.5 Å².